The number of benzene rings is 1. The minimum absolute atomic E-state index is 0.0359. The number of anilines is 1. The van der Waals surface area contributed by atoms with Gasteiger partial charge in [0.15, 0.2) is 0 Å². The molecule has 0 saturated carbocycles. The number of aryl methyl sites for hydroxylation is 1. The molecule has 4 aliphatic heterocycles. The third-order valence-electron chi connectivity index (χ3n) is 6.52. The van der Waals surface area contributed by atoms with Crippen molar-refractivity contribution in [3.8, 4) is 0 Å². The topological polar surface area (TPSA) is 49.9 Å². The molecule has 5 rings (SSSR count). The maximum Gasteiger partial charge on any atom is 0.233 e. The Hall–Kier alpha value is -2.14. The predicted molar refractivity (Wildman–Crippen MR) is 93.1 cm³/mol. The van der Waals surface area contributed by atoms with Crippen LogP contribution in [0.25, 0.3) is 0 Å². The molecule has 5 heteroatoms. The molecule has 0 unspecified atom stereocenters. The van der Waals surface area contributed by atoms with Crippen LogP contribution in [0.15, 0.2) is 30.4 Å². The highest BCUT2D eigenvalue weighted by molar-refractivity contribution is 6.02. The molecule has 2 bridgehead atoms. The van der Waals surface area contributed by atoms with E-state index >= 15 is 0 Å². The molecule has 0 aromatic heterocycles. The number of hydrogen-bond acceptors (Lipinski definition) is 3. The molecule has 1 spiro atoms. The van der Waals surface area contributed by atoms with E-state index in [0.717, 1.165) is 23.2 Å². The third kappa shape index (κ3) is 1.77. The molecule has 2 saturated heterocycles. The summed E-state index contributed by atoms with van der Waals surface area (Å²) in [7, 11) is 1.85. The van der Waals surface area contributed by atoms with Crippen molar-refractivity contribution in [1.29, 1.82) is 0 Å². The van der Waals surface area contributed by atoms with Crippen molar-refractivity contribution >= 4 is 17.5 Å². The van der Waals surface area contributed by atoms with E-state index in [4.69, 9.17) is 4.74 Å². The number of nitrogens with zero attached hydrogens (tertiary/aromatic N) is 2. The average molecular weight is 338 g/mol. The molecule has 1 aromatic rings. The third-order valence-corrected chi connectivity index (χ3v) is 6.52. The fraction of sp³-hybridized carbons (Fsp3) is 0.500. The zero-order valence-electron chi connectivity index (χ0n) is 14.7. The first-order valence-electron chi connectivity index (χ1n) is 8.96. The Morgan fingerprint density at radius 2 is 2.16 bits per heavy atom. The highest BCUT2D eigenvalue weighted by Gasteiger charge is 2.67. The summed E-state index contributed by atoms with van der Waals surface area (Å²) in [5.41, 5.74) is 2.63. The smallest absolute Gasteiger partial charge is 0.233 e. The van der Waals surface area contributed by atoms with Crippen LogP contribution in [-0.4, -0.2) is 41.5 Å². The van der Waals surface area contributed by atoms with Crippen LogP contribution in [-0.2, 0) is 14.3 Å². The van der Waals surface area contributed by atoms with Crippen molar-refractivity contribution < 1.29 is 14.3 Å². The van der Waals surface area contributed by atoms with Crippen LogP contribution in [0.5, 0.6) is 0 Å². The highest BCUT2D eigenvalue weighted by atomic mass is 16.5. The fourth-order valence-corrected chi connectivity index (χ4v) is 5.24. The van der Waals surface area contributed by atoms with Gasteiger partial charge in [0.25, 0.3) is 0 Å². The fourth-order valence-electron chi connectivity index (χ4n) is 5.24. The van der Waals surface area contributed by atoms with Gasteiger partial charge in [0.1, 0.15) is 5.60 Å². The number of carbonyl (C=O) groups is 2. The number of ether oxygens (including phenoxy) is 1. The Bertz CT molecular complexity index is 832. The van der Waals surface area contributed by atoms with Crippen molar-refractivity contribution in [3.05, 3.63) is 41.5 Å². The molecule has 4 heterocycles. The van der Waals surface area contributed by atoms with Crippen LogP contribution >= 0.6 is 0 Å². The molecule has 25 heavy (non-hydrogen) atoms. The quantitative estimate of drug-likeness (QED) is 0.739. The second-order valence-corrected chi connectivity index (χ2v) is 7.82. The van der Waals surface area contributed by atoms with Gasteiger partial charge >= 0.3 is 0 Å². The summed E-state index contributed by atoms with van der Waals surface area (Å²) >= 11 is 0. The van der Waals surface area contributed by atoms with Gasteiger partial charge in [0, 0.05) is 19.7 Å². The van der Waals surface area contributed by atoms with Crippen LogP contribution < -0.4 is 4.90 Å². The number of carbonyl (C=O) groups excluding carboxylic acids is 2. The molecule has 5 atom stereocenters. The Kier molecular flexibility index (Phi) is 2.86. The van der Waals surface area contributed by atoms with Gasteiger partial charge in [0.2, 0.25) is 11.8 Å². The first kappa shape index (κ1) is 15.1. The Balaban J connectivity index is 1.68. The summed E-state index contributed by atoms with van der Waals surface area (Å²) in [4.78, 5) is 29.0. The second kappa shape index (κ2) is 4.73. The second-order valence-electron chi connectivity index (χ2n) is 7.82. The van der Waals surface area contributed by atoms with Crippen LogP contribution in [0.4, 0.5) is 5.69 Å². The summed E-state index contributed by atoms with van der Waals surface area (Å²) in [6.07, 6.45) is 5.77. The largest absolute Gasteiger partial charge is 0.361 e. The van der Waals surface area contributed by atoms with Gasteiger partial charge < -0.3 is 14.5 Å². The van der Waals surface area contributed by atoms with Gasteiger partial charge in [-0.15, -0.1) is 0 Å². The van der Waals surface area contributed by atoms with Gasteiger partial charge in [0.05, 0.1) is 24.1 Å². The zero-order chi connectivity index (χ0) is 17.5. The van der Waals surface area contributed by atoms with Crippen molar-refractivity contribution in [2.24, 2.45) is 5.92 Å². The molecule has 0 N–H and O–H groups in total. The Morgan fingerprint density at radius 1 is 1.36 bits per heavy atom. The SMILES string of the molecule is CC(=O)N(C)[C@H]1C[C@@H]2N(C(=O)[C@@H]3C[C@H]4C=C[C@@]23O4)c2ccc(C)cc21. The highest BCUT2D eigenvalue weighted by Crippen LogP contribution is 2.57. The number of rotatable bonds is 1. The summed E-state index contributed by atoms with van der Waals surface area (Å²) in [6, 6.07) is 6.10. The number of hydrogen-bond donors (Lipinski definition) is 0. The van der Waals surface area contributed by atoms with Crippen molar-refractivity contribution in [1.82, 2.24) is 4.90 Å². The number of fused-ring (bicyclic) bond motifs is 4. The van der Waals surface area contributed by atoms with E-state index in [2.05, 4.69) is 18.2 Å². The van der Waals surface area contributed by atoms with E-state index in [-0.39, 0.29) is 35.9 Å². The summed E-state index contributed by atoms with van der Waals surface area (Å²) in [5, 5.41) is 0. The molecule has 2 fully saturated rings. The zero-order valence-corrected chi connectivity index (χ0v) is 14.7. The van der Waals surface area contributed by atoms with Gasteiger partial charge in [-0.1, -0.05) is 29.8 Å². The van der Waals surface area contributed by atoms with Crippen LogP contribution in [0.3, 0.4) is 0 Å². The van der Waals surface area contributed by atoms with Crippen LogP contribution in [0.2, 0.25) is 0 Å². The Labute approximate surface area is 147 Å². The molecule has 0 aliphatic carbocycles. The molecule has 5 nitrogen and oxygen atoms in total. The molecule has 0 radical (unpaired) electrons. The van der Waals surface area contributed by atoms with E-state index in [1.165, 1.54) is 0 Å². The minimum Gasteiger partial charge on any atom is -0.361 e. The van der Waals surface area contributed by atoms with E-state index in [1.807, 2.05) is 31.0 Å². The van der Waals surface area contributed by atoms with E-state index in [1.54, 1.807) is 11.8 Å². The summed E-state index contributed by atoms with van der Waals surface area (Å²) < 4.78 is 6.27. The first-order valence-corrected chi connectivity index (χ1v) is 8.96. The van der Waals surface area contributed by atoms with E-state index in [0.29, 0.717) is 6.42 Å². The maximum absolute atomic E-state index is 13.2. The molecule has 130 valence electrons. The molecule has 2 amide bonds. The van der Waals surface area contributed by atoms with Crippen molar-refractivity contribution in [2.45, 2.75) is 50.5 Å². The lowest BCUT2D eigenvalue weighted by Crippen LogP contribution is -2.50. The molecule has 1 aromatic carbocycles. The van der Waals surface area contributed by atoms with Crippen LogP contribution in [0.1, 0.15) is 36.9 Å². The standard InChI is InChI=1S/C20H22N2O3/c1-11-4-5-16-14(8-11)17(21(3)12(2)23)10-18-20-7-6-13(25-20)9-15(20)19(24)22(16)18/h4-8,13,15,17-18H,9-10H2,1-3H3/t13-,15+,17+,18+,20+/m1/s1. The van der Waals surface area contributed by atoms with E-state index < -0.39 is 5.60 Å². The monoisotopic (exact) mass is 338 g/mol. The molecular weight excluding hydrogens is 316 g/mol. The van der Waals surface area contributed by atoms with Gasteiger partial charge in [-0.3, -0.25) is 9.59 Å². The lowest BCUT2D eigenvalue weighted by atomic mass is 9.77. The summed E-state index contributed by atoms with van der Waals surface area (Å²) in [6.45, 7) is 3.64. The van der Waals surface area contributed by atoms with E-state index in [9.17, 15) is 9.59 Å². The van der Waals surface area contributed by atoms with Gasteiger partial charge in [-0.25, -0.2) is 0 Å². The lowest BCUT2D eigenvalue weighted by molar-refractivity contribution is -0.130. The average Bonchev–Trinajstić information content (AvgIpc) is 3.23. The lowest BCUT2D eigenvalue weighted by Gasteiger charge is -2.43. The van der Waals surface area contributed by atoms with Gasteiger partial charge in [-0.2, -0.15) is 0 Å². The van der Waals surface area contributed by atoms with Crippen molar-refractivity contribution in [2.75, 3.05) is 11.9 Å². The minimum atomic E-state index is -0.514. The Morgan fingerprint density at radius 3 is 2.88 bits per heavy atom. The predicted octanol–water partition coefficient (Wildman–Crippen LogP) is 2.35. The molecular formula is C20H22N2O3. The normalized spacial score (nSPS) is 37.1. The van der Waals surface area contributed by atoms with Crippen LogP contribution in [0, 0.1) is 12.8 Å². The van der Waals surface area contributed by atoms with Gasteiger partial charge in [-0.05, 0) is 31.4 Å². The first-order chi connectivity index (χ1) is 11.9. The summed E-state index contributed by atoms with van der Waals surface area (Å²) in [5.74, 6) is 0.116. The molecule has 4 aliphatic rings. The number of amides is 2. The van der Waals surface area contributed by atoms with Crippen molar-refractivity contribution in [3.63, 3.8) is 0 Å². The maximum atomic E-state index is 13.2.